The second-order valence-electron chi connectivity index (χ2n) is 5.54. The van der Waals surface area contributed by atoms with E-state index >= 15 is 0 Å². The van der Waals surface area contributed by atoms with Crippen molar-refractivity contribution in [1.82, 2.24) is 4.90 Å². The number of phenols is 2. The van der Waals surface area contributed by atoms with Crippen LogP contribution in [0.15, 0.2) is 42.5 Å². The van der Waals surface area contributed by atoms with Crippen LogP contribution in [-0.4, -0.2) is 37.8 Å². The van der Waals surface area contributed by atoms with Gasteiger partial charge in [-0.25, -0.2) is 4.79 Å². The minimum atomic E-state index is -1.20. The van der Waals surface area contributed by atoms with E-state index in [4.69, 9.17) is 0 Å². The predicted molar refractivity (Wildman–Crippen MR) is 89.7 cm³/mol. The van der Waals surface area contributed by atoms with Crippen LogP contribution in [0.1, 0.15) is 24.1 Å². The van der Waals surface area contributed by atoms with Crippen molar-refractivity contribution in [3.05, 3.63) is 63.7 Å². The van der Waals surface area contributed by atoms with Crippen LogP contribution >= 0.6 is 0 Å². The molecule has 0 saturated carbocycles. The number of hydrogen-bond donors (Lipinski definition) is 3. The molecule has 8 nitrogen and oxygen atoms in total. The highest BCUT2D eigenvalue weighted by molar-refractivity contribution is 5.66. The van der Waals surface area contributed by atoms with Crippen LogP contribution in [0.4, 0.5) is 10.5 Å². The highest BCUT2D eigenvalue weighted by atomic mass is 16.6. The molecule has 2 aromatic carbocycles. The van der Waals surface area contributed by atoms with Crippen molar-refractivity contribution < 1.29 is 25.0 Å². The van der Waals surface area contributed by atoms with Gasteiger partial charge in [0.1, 0.15) is 0 Å². The van der Waals surface area contributed by atoms with Crippen LogP contribution in [0.25, 0.3) is 0 Å². The molecule has 0 bridgehead atoms. The van der Waals surface area contributed by atoms with Gasteiger partial charge in [0.25, 0.3) is 5.69 Å². The lowest BCUT2D eigenvalue weighted by Crippen LogP contribution is -2.34. The van der Waals surface area contributed by atoms with Crippen molar-refractivity contribution in [1.29, 1.82) is 0 Å². The van der Waals surface area contributed by atoms with Gasteiger partial charge >= 0.3 is 6.09 Å². The van der Waals surface area contributed by atoms with Crippen LogP contribution in [0, 0.1) is 10.1 Å². The van der Waals surface area contributed by atoms with E-state index in [-0.39, 0.29) is 30.2 Å². The Labute approximate surface area is 143 Å². The van der Waals surface area contributed by atoms with Crippen molar-refractivity contribution in [2.24, 2.45) is 0 Å². The maximum atomic E-state index is 11.6. The van der Waals surface area contributed by atoms with Crippen LogP contribution < -0.4 is 0 Å². The number of nitrogens with zero attached hydrogens (tertiary/aromatic N) is 2. The third-order valence-electron chi connectivity index (χ3n) is 3.98. The predicted octanol–water partition coefficient (Wildman–Crippen LogP) is 3.29. The summed E-state index contributed by atoms with van der Waals surface area (Å²) in [5.41, 5.74) is 0.809. The van der Waals surface area contributed by atoms with Crippen molar-refractivity contribution in [2.45, 2.75) is 19.4 Å². The molecule has 1 amide bonds. The van der Waals surface area contributed by atoms with E-state index in [0.29, 0.717) is 11.1 Å². The smallest absolute Gasteiger partial charge is 0.407 e. The summed E-state index contributed by atoms with van der Waals surface area (Å²) in [6.07, 6.45) is -0.917. The van der Waals surface area contributed by atoms with E-state index in [2.05, 4.69) is 0 Å². The zero-order valence-corrected chi connectivity index (χ0v) is 13.5. The Hall–Kier alpha value is -3.29. The van der Waals surface area contributed by atoms with Gasteiger partial charge in [0, 0.05) is 12.6 Å². The molecule has 25 heavy (non-hydrogen) atoms. The maximum absolute atomic E-state index is 11.6. The van der Waals surface area contributed by atoms with E-state index in [0.717, 1.165) is 4.90 Å². The topological polar surface area (TPSA) is 124 Å². The van der Waals surface area contributed by atoms with Crippen LogP contribution in [0.3, 0.4) is 0 Å². The number of nitro benzene ring substituents is 1. The Morgan fingerprint density at radius 1 is 1.20 bits per heavy atom. The SMILES string of the molecule is CC(c1ccccc1[N+](=O)[O-])N(CCc1ccc(O)c(O)c1)C(=O)O. The van der Waals surface area contributed by atoms with Gasteiger partial charge in [0.15, 0.2) is 11.5 Å². The van der Waals surface area contributed by atoms with Gasteiger partial charge in [-0.2, -0.15) is 0 Å². The average molecular weight is 346 g/mol. The van der Waals surface area contributed by atoms with Gasteiger partial charge in [-0.3, -0.25) is 10.1 Å². The van der Waals surface area contributed by atoms with E-state index in [1.807, 2.05) is 0 Å². The van der Waals surface area contributed by atoms with E-state index in [1.54, 1.807) is 19.1 Å². The Morgan fingerprint density at radius 3 is 2.48 bits per heavy atom. The van der Waals surface area contributed by atoms with Crippen LogP contribution in [-0.2, 0) is 6.42 Å². The van der Waals surface area contributed by atoms with E-state index in [9.17, 15) is 30.2 Å². The summed E-state index contributed by atoms with van der Waals surface area (Å²) in [5, 5.41) is 39.4. The first kappa shape index (κ1) is 18.1. The van der Waals surface area contributed by atoms with Crippen molar-refractivity contribution >= 4 is 11.8 Å². The molecular formula is C17H18N2O6. The normalized spacial score (nSPS) is 11.7. The summed E-state index contributed by atoms with van der Waals surface area (Å²) in [4.78, 5) is 23.3. The van der Waals surface area contributed by atoms with Crippen LogP contribution in [0.5, 0.6) is 11.5 Å². The third kappa shape index (κ3) is 4.17. The number of nitro groups is 1. The number of rotatable bonds is 6. The first-order valence-corrected chi connectivity index (χ1v) is 7.55. The number of para-hydroxylation sites is 1. The van der Waals surface area contributed by atoms with Crippen molar-refractivity contribution in [2.75, 3.05) is 6.54 Å². The minimum Gasteiger partial charge on any atom is -0.504 e. The second-order valence-corrected chi connectivity index (χ2v) is 5.54. The molecule has 3 N–H and O–H groups in total. The monoisotopic (exact) mass is 346 g/mol. The molecule has 0 aromatic heterocycles. The fraction of sp³-hybridized carbons (Fsp3) is 0.235. The van der Waals surface area contributed by atoms with E-state index in [1.165, 1.54) is 30.3 Å². The van der Waals surface area contributed by atoms with Crippen molar-refractivity contribution in [3.8, 4) is 11.5 Å². The number of phenolic OH excluding ortho intramolecular Hbond substituents is 2. The number of carbonyl (C=O) groups is 1. The molecule has 132 valence electrons. The number of hydrogen-bond acceptors (Lipinski definition) is 5. The molecule has 0 fully saturated rings. The molecule has 0 aliphatic carbocycles. The zero-order chi connectivity index (χ0) is 18.6. The lowest BCUT2D eigenvalue weighted by Gasteiger charge is -2.26. The Kier molecular flexibility index (Phi) is 5.43. The van der Waals surface area contributed by atoms with Gasteiger partial charge in [-0.05, 0) is 31.0 Å². The minimum absolute atomic E-state index is 0.0762. The molecule has 2 aromatic rings. The molecule has 0 spiro atoms. The highest BCUT2D eigenvalue weighted by Gasteiger charge is 2.26. The summed E-state index contributed by atoms with van der Waals surface area (Å²) < 4.78 is 0. The van der Waals surface area contributed by atoms with Crippen molar-refractivity contribution in [3.63, 3.8) is 0 Å². The van der Waals surface area contributed by atoms with Gasteiger partial charge < -0.3 is 20.2 Å². The molecule has 0 saturated heterocycles. The van der Waals surface area contributed by atoms with Gasteiger partial charge in [-0.15, -0.1) is 0 Å². The second kappa shape index (κ2) is 7.52. The summed E-state index contributed by atoms with van der Waals surface area (Å²) in [6.45, 7) is 1.66. The first-order valence-electron chi connectivity index (χ1n) is 7.55. The van der Waals surface area contributed by atoms with Gasteiger partial charge in [0.2, 0.25) is 0 Å². The maximum Gasteiger partial charge on any atom is 0.407 e. The lowest BCUT2D eigenvalue weighted by molar-refractivity contribution is -0.385. The van der Waals surface area contributed by atoms with Gasteiger partial charge in [0.05, 0.1) is 16.5 Å². The summed E-state index contributed by atoms with van der Waals surface area (Å²) in [7, 11) is 0. The molecule has 0 aliphatic heterocycles. The number of amides is 1. The van der Waals surface area contributed by atoms with Gasteiger partial charge in [-0.1, -0.05) is 24.3 Å². The Bertz CT molecular complexity index is 792. The Morgan fingerprint density at radius 2 is 1.88 bits per heavy atom. The third-order valence-corrected chi connectivity index (χ3v) is 3.98. The molecule has 0 radical (unpaired) electrons. The van der Waals surface area contributed by atoms with E-state index < -0.39 is 17.1 Å². The molecule has 8 heteroatoms. The number of aromatic hydroxyl groups is 2. The number of benzene rings is 2. The molecule has 0 heterocycles. The lowest BCUT2D eigenvalue weighted by atomic mass is 10.0. The summed E-state index contributed by atoms with van der Waals surface area (Å²) in [6, 6.07) is 9.55. The first-order chi connectivity index (χ1) is 11.8. The average Bonchev–Trinajstić information content (AvgIpc) is 2.57. The fourth-order valence-electron chi connectivity index (χ4n) is 2.60. The molecular weight excluding hydrogens is 328 g/mol. The number of carboxylic acid groups (broad SMARTS) is 1. The van der Waals surface area contributed by atoms with Crippen LogP contribution in [0.2, 0.25) is 0 Å². The largest absolute Gasteiger partial charge is 0.504 e. The molecule has 2 rings (SSSR count). The summed E-state index contributed by atoms with van der Waals surface area (Å²) >= 11 is 0. The molecule has 0 aliphatic rings. The zero-order valence-electron chi connectivity index (χ0n) is 13.5. The molecule has 1 atom stereocenters. The summed E-state index contributed by atoms with van der Waals surface area (Å²) in [5.74, 6) is -0.543. The fourth-order valence-corrected chi connectivity index (χ4v) is 2.60. The molecule has 1 unspecified atom stereocenters. The highest BCUT2D eigenvalue weighted by Crippen LogP contribution is 2.30. The quantitative estimate of drug-likeness (QED) is 0.419. The standard InChI is InChI=1S/C17H18N2O6/c1-11(13-4-2-3-5-14(13)19(24)25)18(17(22)23)9-8-12-6-7-15(20)16(21)10-12/h2-7,10-11,20-21H,8-9H2,1H3,(H,22,23). The Balaban J connectivity index is 2.21.